The molecule has 2 rings (SSSR count). The second-order valence-electron chi connectivity index (χ2n) is 5.92. The van der Waals surface area contributed by atoms with Crippen LogP contribution in [0.2, 0.25) is 5.02 Å². The third-order valence-corrected chi connectivity index (χ3v) is 4.89. The lowest BCUT2D eigenvalue weighted by Crippen LogP contribution is -2.33. The zero-order valence-corrected chi connectivity index (χ0v) is 14.5. The Labute approximate surface area is 135 Å². The smallest absolute Gasteiger partial charge is 0.0865 e. The van der Waals surface area contributed by atoms with Gasteiger partial charge in [-0.05, 0) is 58.9 Å². The molecule has 1 fully saturated rings. The van der Waals surface area contributed by atoms with E-state index in [9.17, 15) is 0 Å². The largest absolute Gasteiger partial charge is 0.373 e. The Bertz CT molecular complexity index is 438. The van der Waals surface area contributed by atoms with Gasteiger partial charge in [0.05, 0.1) is 11.1 Å². The molecule has 1 N–H and O–H groups in total. The second-order valence-corrected chi connectivity index (χ2v) is 7.18. The van der Waals surface area contributed by atoms with Crippen LogP contribution in [0, 0.1) is 11.8 Å². The fourth-order valence-electron chi connectivity index (χ4n) is 2.67. The van der Waals surface area contributed by atoms with Crippen molar-refractivity contribution in [2.75, 3.05) is 19.7 Å². The first-order valence-electron chi connectivity index (χ1n) is 7.35. The van der Waals surface area contributed by atoms with E-state index >= 15 is 0 Å². The lowest BCUT2D eigenvalue weighted by atomic mass is 9.89. The Hall–Kier alpha value is -0.0900. The predicted octanol–water partition coefficient (Wildman–Crippen LogP) is 4.82. The molecule has 0 aromatic heterocycles. The number of hydrogen-bond acceptors (Lipinski definition) is 2. The van der Waals surface area contributed by atoms with Crippen molar-refractivity contribution >= 4 is 27.5 Å². The average molecular weight is 361 g/mol. The molecule has 1 saturated heterocycles. The topological polar surface area (TPSA) is 21.3 Å². The van der Waals surface area contributed by atoms with E-state index in [1.54, 1.807) is 0 Å². The molecule has 20 heavy (non-hydrogen) atoms. The summed E-state index contributed by atoms with van der Waals surface area (Å²) in [6.07, 6.45) is 2.55. The molecule has 1 aromatic carbocycles. The summed E-state index contributed by atoms with van der Waals surface area (Å²) in [7, 11) is 0. The summed E-state index contributed by atoms with van der Waals surface area (Å²) in [6, 6.07) is 6.11. The van der Waals surface area contributed by atoms with Crippen LogP contribution in [-0.4, -0.2) is 19.7 Å². The molecule has 2 nitrogen and oxygen atoms in total. The van der Waals surface area contributed by atoms with Crippen molar-refractivity contribution in [1.82, 2.24) is 5.32 Å². The summed E-state index contributed by atoms with van der Waals surface area (Å²) >= 11 is 9.58. The number of halogens is 2. The number of benzene rings is 1. The van der Waals surface area contributed by atoms with Gasteiger partial charge in [-0.3, -0.25) is 0 Å². The molecule has 0 saturated carbocycles. The zero-order valence-electron chi connectivity index (χ0n) is 12.2. The summed E-state index contributed by atoms with van der Waals surface area (Å²) in [5.74, 6) is 1.22. The van der Waals surface area contributed by atoms with Crippen LogP contribution in [0.15, 0.2) is 22.7 Å². The van der Waals surface area contributed by atoms with Gasteiger partial charge in [0.25, 0.3) is 0 Å². The highest BCUT2D eigenvalue weighted by Crippen LogP contribution is 2.35. The van der Waals surface area contributed by atoms with Gasteiger partial charge in [-0.1, -0.05) is 31.5 Å². The van der Waals surface area contributed by atoms with E-state index in [1.807, 2.05) is 6.07 Å². The van der Waals surface area contributed by atoms with Crippen LogP contribution >= 0.6 is 27.5 Å². The first-order valence-corrected chi connectivity index (χ1v) is 8.52. The molecule has 0 amide bonds. The molecule has 2 unspecified atom stereocenters. The van der Waals surface area contributed by atoms with Gasteiger partial charge in [0.2, 0.25) is 0 Å². The Morgan fingerprint density at radius 2 is 2.25 bits per heavy atom. The van der Waals surface area contributed by atoms with Crippen LogP contribution in [-0.2, 0) is 4.74 Å². The van der Waals surface area contributed by atoms with Gasteiger partial charge in [-0.15, -0.1) is 0 Å². The quantitative estimate of drug-likeness (QED) is 0.813. The summed E-state index contributed by atoms with van der Waals surface area (Å²) < 4.78 is 6.97. The number of hydrogen-bond donors (Lipinski definition) is 1. The van der Waals surface area contributed by atoms with Gasteiger partial charge in [-0.25, -0.2) is 0 Å². The molecule has 2 atom stereocenters. The fraction of sp³-hybridized carbons (Fsp3) is 0.625. The van der Waals surface area contributed by atoms with Crippen molar-refractivity contribution in [2.24, 2.45) is 11.8 Å². The minimum atomic E-state index is 0.178. The molecular weight excluding hydrogens is 338 g/mol. The normalized spacial score (nSPS) is 23.2. The zero-order chi connectivity index (χ0) is 14.5. The van der Waals surface area contributed by atoms with Crippen LogP contribution < -0.4 is 5.32 Å². The van der Waals surface area contributed by atoms with Gasteiger partial charge in [0.15, 0.2) is 0 Å². The van der Waals surface area contributed by atoms with Gasteiger partial charge in [-0.2, -0.15) is 0 Å². The second kappa shape index (κ2) is 7.79. The summed E-state index contributed by atoms with van der Waals surface area (Å²) in [4.78, 5) is 0. The van der Waals surface area contributed by atoms with Gasteiger partial charge in [0, 0.05) is 23.5 Å². The maximum atomic E-state index is 6.07. The van der Waals surface area contributed by atoms with Crippen molar-refractivity contribution < 1.29 is 4.74 Å². The number of rotatable bonds is 5. The summed E-state index contributed by atoms with van der Waals surface area (Å²) in [5.41, 5.74) is 1.22. The van der Waals surface area contributed by atoms with E-state index in [1.165, 1.54) is 12.0 Å². The molecule has 0 bridgehead atoms. The van der Waals surface area contributed by atoms with E-state index < -0.39 is 0 Å². The molecule has 4 heteroatoms. The minimum Gasteiger partial charge on any atom is -0.373 e. The Kier molecular flexibility index (Phi) is 6.34. The lowest BCUT2D eigenvalue weighted by molar-refractivity contribution is -0.0279. The van der Waals surface area contributed by atoms with Crippen LogP contribution in [0.25, 0.3) is 0 Å². The molecule has 112 valence electrons. The molecule has 1 heterocycles. The van der Waals surface area contributed by atoms with Crippen LogP contribution in [0.5, 0.6) is 0 Å². The van der Waals surface area contributed by atoms with E-state index in [0.717, 1.165) is 35.6 Å². The Balaban J connectivity index is 2.03. The number of nitrogens with one attached hydrogen (secondary N) is 1. The predicted molar refractivity (Wildman–Crippen MR) is 88.3 cm³/mol. The fourth-order valence-corrected chi connectivity index (χ4v) is 3.18. The van der Waals surface area contributed by atoms with Crippen molar-refractivity contribution in [3.8, 4) is 0 Å². The maximum absolute atomic E-state index is 6.07. The standard InChI is InChI=1S/C16H23BrClNO/c1-11(2)9-19-10-13-4-3-7-20-16(13)12-5-6-15(18)14(17)8-12/h5-6,8,11,13,16,19H,3-4,7,9-10H2,1-2H3. The molecule has 1 aliphatic rings. The van der Waals surface area contributed by atoms with Gasteiger partial charge < -0.3 is 10.1 Å². The SMILES string of the molecule is CC(C)CNCC1CCCOC1c1ccc(Cl)c(Br)c1. The minimum absolute atomic E-state index is 0.178. The van der Waals surface area contributed by atoms with Crippen LogP contribution in [0.1, 0.15) is 38.4 Å². The summed E-state index contributed by atoms with van der Waals surface area (Å²) in [6.45, 7) is 7.40. The first-order chi connectivity index (χ1) is 9.58. The van der Waals surface area contributed by atoms with E-state index in [2.05, 4.69) is 47.2 Å². The molecule has 0 aliphatic carbocycles. The maximum Gasteiger partial charge on any atom is 0.0865 e. The molecule has 0 spiro atoms. The average Bonchev–Trinajstić information content (AvgIpc) is 2.42. The van der Waals surface area contributed by atoms with E-state index in [-0.39, 0.29) is 6.10 Å². The summed E-state index contributed by atoms with van der Waals surface area (Å²) in [5, 5.41) is 4.31. The van der Waals surface area contributed by atoms with Crippen molar-refractivity contribution in [1.29, 1.82) is 0 Å². The Morgan fingerprint density at radius 3 is 2.95 bits per heavy atom. The highest BCUT2D eigenvalue weighted by molar-refractivity contribution is 9.10. The van der Waals surface area contributed by atoms with E-state index in [4.69, 9.17) is 16.3 Å². The molecular formula is C16H23BrClNO. The monoisotopic (exact) mass is 359 g/mol. The van der Waals surface area contributed by atoms with E-state index in [0.29, 0.717) is 11.8 Å². The molecule has 0 radical (unpaired) electrons. The number of ether oxygens (including phenoxy) is 1. The highest BCUT2D eigenvalue weighted by atomic mass is 79.9. The first kappa shape index (κ1) is 16.3. The van der Waals surface area contributed by atoms with Gasteiger partial charge >= 0.3 is 0 Å². The lowest BCUT2D eigenvalue weighted by Gasteiger charge is -2.32. The van der Waals surface area contributed by atoms with Gasteiger partial charge in [0.1, 0.15) is 0 Å². The highest BCUT2D eigenvalue weighted by Gasteiger charge is 2.27. The Morgan fingerprint density at radius 1 is 1.45 bits per heavy atom. The van der Waals surface area contributed by atoms with Crippen LogP contribution in [0.3, 0.4) is 0 Å². The third-order valence-electron chi connectivity index (χ3n) is 3.68. The third kappa shape index (κ3) is 4.45. The van der Waals surface area contributed by atoms with Crippen molar-refractivity contribution in [3.63, 3.8) is 0 Å². The molecule has 1 aliphatic heterocycles. The van der Waals surface area contributed by atoms with Crippen molar-refractivity contribution in [3.05, 3.63) is 33.3 Å². The van der Waals surface area contributed by atoms with Crippen molar-refractivity contribution in [2.45, 2.75) is 32.8 Å². The van der Waals surface area contributed by atoms with Crippen LogP contribution in [0.4, 0.5) is 0 Å². The molecule has 1 aromatic rings.